The van der Waals surface area contributed by atoms with Gasteiger partial charge >= 0.3 is 0 Å². The third-order valence-electron chi connectivity index (χ3n) is 4.69. The van der Waals surface area contributed by atoms with Crippen LogP contribution in [0.25, 0.3) is 0 Å². The third-order valence-corrected chi connectivity index (χ3v) is 4.69. The van der Waals surface area contributed by atoms with Crippen LogP contribution in [0.15, 0.2) is 24.3 Å². The van der Waals surface area contributed by atoms with Crippen LogP contribution in [0, 0.1) is 5.92 Å². The van der Waals surface area contributed by atoms with Crippen molar-refractivity contribution in [3.05, 3.63) is 29.8 Å². The van der Waals surface area contributed by atoms with Crippen LogP contribution in [0.4, 0.5) is 0 Å². The summed E-state index contributed by atoms with van der Waals surface area (Å²) in [6.45, 7) is 3.10. The van der Waals surface area contributed by atoms with Crippen molar-refractivity contribution < 1.29 is 14.6 Å². The van der Waals surface area contributed by atoms with Gasteiger partial charge in [0.2, 0.25) is 0 Å². The lowest BCUT2D eigenvalue weighted by Crippen LogP contribution is -2.30. The molecule has 5 nitrogen and oxygen atoms in total. The summed E-state index contributed by atoms with van der Waals surface area (Å²) in [5.74, 6) is 1.21. The van der Waals surface area contributed by atoms with Crippen molar-refractivity contribution in [3.8, 4) is 5.75 Å². The van der Waals surface area contributed by atoms with Crippen LogP contribution >= 0.6 is 0 Å². The monoisotopic (exact) mass is 334 g/mol. The van der Waals surface area contributed by atoms with Crippen LogP contribution in [0.5, 0.6) is 5.75 Å². The van der Waals surface area contributed by atoms with Crippen molar-refractivity contribution in [3.63, 3.8) is 0 Å². The molecule has 5 heteroatoms. The van der Waals surface area contributed by atoms with Crippen LogP contribution in [-0.2, 0) is 4.79 Å². The summed E-state index contributed by atoms with van der Waals surface area (Å²) in [6.07, 6.45) is 4.01. The summed E-state index contributed by atoms with van der Waals surface area (Å²) in [4.78, 5) is 13.1. The Balaban J connectivity index is 1.84. The largest absolute Gasteiger partial charge is 0.484 e. The molecule has 1 amide bonds. The molecule has 3 unspecified atom stereocenters. The van der Waals surface area contributed by atoms with Gasteiger partial charge in [0.25, 0.3) is 5.91 Å². The maximum Gasteiger partial charge on any atom is 0.259 e. The number of ether oxygens (including phenoxy) is 1. The van der Waals surface area contributed by atoms with E-state index in [0.717, 1.165) is 31.4 Å². The second-order valence-corrected chi connectivity index (χ2v) is 6.97. The summed E-state index contributed by atoms with van der Waals surface area (Å²) in [5, 5.41) is 13.3. The molecule has 24 heavy (non-hydrogen) atoms. The van der Waals surface area contributed by atoms with Crippen molar-refractivity contribution >= 4 is 5.91 Å². The second kappa shape index (κ2) is 9.04. The van der Waals surface area contributed by atoms with E-state index in [0.29, 0.717) is 11.7 Å². The van der Waals surface area contributed by atoms with E-state index in [-0.39, 0.29) is 24.7 Å². The number of aliphatic hydroxyl groups is 1. The molecule has 1 saturated carbocycles. The average molecular weight is 334 g/mol. The highest BCUT2D eigenvalue weighted by atomic mass is 16.5. The zero-order valence-electron chi connectivity index (χ0n) is 15.0. The van der Waals surface area contributed by atoms with E-state index >= 15 is 0 Å². The SMILES string of the molecule is CC(NCC1CCCC(O)C1)c1cccc(OCC(=O)N(C)C)c1. The lowest BCUT2D eigenvalue weighted by Gasteiger charge is -2.27. The summed E-state index contributed by atoms with van der Waals surface area (Å²) in [5.41, 5.74) is 1.14. The highest BCUT2D eigenvalue weighted by Crippen LogP contribution is 2.25. The minimum atomic E-state index is -0.133. The summed E-state index contributed by atoms with van der Waals surface area (Å²) in [6, 6.07) is 8.08. The number of amides is 1. The predicted octanol–water partition coefficient (Wildman–Crippen LogP) is 2.36. The number of carbonyl (C=O) groups excluding carboxylic acids is 1. The molecule has 2 N–H and O–H groups in total. The molecule has 0 heterocycles. The second-order valence-electron chi connectivity index (χ2n) is 6.97. The minimum Gasteiger partial charge on any atom is -0.484 e. The van der Waals surface area contributed by atoms with E-state index in [1.54, 1.807) is 14.1 Å². The van der Waals surface area contributed by atoms with Crippen LogP contribution in [0.2, 0.25) is 0 Å². The van der Waals surface area contributed by atoms with Gasteiger partial charge < -0.3 is 20.1 Å². The molecule has 0 bridgehead atoms. The Kier molecular flexibility index (Phi) is 7.06. The Labute approximate surface area is 145 Å². The van der Waals surface area contributed by atoms with Gasteiger partial charge in [-0.15, -0.1) is 0 Å². The summed E-state index contributed by atoms with van der Waals surface area (Å²) < 4.78 is 5.58. The number of rotatable bonds is 7. The lowest BCUT2D eigenvalue weighted by molar-refractivity contribution is -0.130. The van der Waals surface area contributed by atoms with E-state index in [1.807, 2.05) is 18.2 Å². The van der Waals surface area contributed by atoms with E-state index in [4.69, 9.17) is 4.74 Å². The van der Waals surface area contributed by atoms with Gasteiger partial charge in [0.15, 0.2) is 6.61 Å². The fraction of sp³-hybridized carbons (Fsp3) is 0.632. The minimum absolute atomic E-state index is 0.0533. The van der Waals surface area contributed by atoms with Gasteiger partial charge in [-0.25, -0.2) is 0 Å². The van der Waals surface area contributed by atoms with Gasteiger partial charge in [-0.3, -0.25) is 4.79 Å². The number of nitrogens with one attached hydrogen (secondary N) is 1. The number of nitrogens with zero attached hydrogens (tertiary/aromatic N) is 1. The topological polar surface area (TPSA) is 61.8 Å². The first-order valence-corrected chi connectivity index (χ1v) is 8.80. The van der Waals surface area contributed by atoms with Crippen molar-refractivity contribution in [2.24, 2.45) is 5.92 Å². The van der Waals surface area contributed by atoms with Crippen LogP contribution in [0.3, 0.4) is 0 Å². The Hall–Kier alpha value is -1.59. The highest BCUT2D eigenvalue weighted by molar-refractivity contribution is 5.77. The first-order chi connectivity index (χ1) is 11.5. The molecule has 0 aromatic heterocycles. The average Bonchev–Trinajstić information content (AvgIpc) is 2.57. The molecule has 1 aliphatic rings. The normalized spacial score (nSPS) is 22.0. The third kappa shape index (κ3) is 5.80. The van der Waals surface area contributed by atoms with Gasteiger partial charge in [-0.05, 0) is 56.3 Å². The summed E-state index contributed by atoms with van der Waals surface area (Å²) in [7, 11) is 3.44. The van der Waals surface area contributed by atoms with E-state index in [2.05, 4.69) is 18.3 Å². The van der Waals surface area contributed by atoms with Crippen LogP contribution in [0.1, 0.15) is 44.2 Å². The van der Waals surface area contributed by atoms with Gasteiger partial charge in [-0.2, -0.15) is 0 Å². The molecular weight excluding hydrogens is 304 g/mol. The van der Waals surface area contributed by atoms with E-state index in [1.165, 1.54) is 11.3 Å². The number of hydrogen-bond acceptors (Lipinski definition) is 4. The fourth-order valence-electron chi connectivity index (χ4n) is 3.06. The lowest BCUT2D eigenvalue weighted by atomic mass is 9.87. The van der Waals surface area contributed by atoms with Crippen molar-refractivity contribution in [1.82, 2.24) is 10.2 Å². The quantitative estimate of drug-likeness (QED) is 0.803. The zero-order valence-corrected chi connectivity index (χ0v) is 15.0. The standard InChI is InChI=1S/C19H30N2O3/c1-14(20-12-15-6-4-8-17(22)10-15)16-7-5-9-18(11-16)24-13-19(23)21(2)3/h5,7,9,11,14-15,17,20,22H,4,6,8,10,12-13H2,1-3H3. The van der Waals surface area contributed by atoms with Gasteiger partial charge in [0.05, 0.1) is 6.10 Å². The highest BCUT2D eigenvalue weighted by Gasteiger charge is 2.20. The number of carbonyl (C=O) groups is 1. The number of aliphatic hydroxyl groups excluding tert-OH is 1. The number of hydrogen-bond donors (Lipinski definition) is 2. The Bertz CT molecular complexity index is 533. The Morgan fingerprint density at radius 2 is 2.21 bits per heavy atom. The molecule has 0 spiro atoms. The molecule has 1 aromatic carbocycles. The Morgan fingerprint density at radius 1 is 1.42 bits per heavy atom. The van der Waals surface area contributed by atoms with Gasteiger partial charge in [-0.1, -0.05) is 18.6 Å². The first kappa shape index (κ1) is 18.7. The van der Waals surface area contributed by atoms with E-state index in [9.17, 15) is 9.90 Å². The maximum absolute atomic E-state index is 11.6. The maximum atomic E-state index is 11.6. The molecule has 0 aliphatic heterocycles. The molecule has 1 aromatic rings. The molecule has 1 aliphatic carbocycles. The molecular formula is C19H30N2O3. The van der Waals surface area contributed by atoms with Crippen LogP contribution < -0.4 is 10.1 Å². The van der Waals surface area contributed by atoms with Crippen molar-refractivity contribution in [2.45, 2.75) is 44.8 Å². The predicted molar refractivity (Wildman–Crippen MR) is 95.0 cm³/mol. The van der Waals surface area contributed by atoms with E-state index < -0.39 is 0 Å². The molecule has 134 valence electrons. The number of benzene rings is 1. The smallest absolute Gasteiger partial charge is 0.259 e. The number of likely N-dealkylation sites (N-methyl/N-ethyl adjacent to an activating group) is 1. The van der Waals surface area contributed by atoms with Crippen molar-refractivity contribution in [2.75, 3.05) is 27.2 Å². The molecule has 2 rings (SSSR count). The summed E-state index contributed by atoms with van der Waals surface area (Å²) >= 11 is 0. The molecule has 0 radical (unpaired) electrons. The first-order valence-electron chi connectivity index (χ1n) is 8.80. The van der Waals surface area contributed by atoms with Crippen molar-refractivity contribution in [1.29, 1.82) is 0 Å². The van der Waals surface area contributed by atoms with Crippen LogP contribution in [-0.4, -0.2) is 49.3 Å². The fourth-order valence-corrected chi connectivity index (χ4v) is 3.06. The molecule has 3 atom stereocenters. The molecule has 0 saturated heterocycles. The Morgan fingerprint density at radius 3 is 2.92 bits per heavy atom. The van der Waals surface area contributed by atoms with Gasteiger partial charge in [0.1, 0.15) is 5.75 Å². The zero-order chi connectivity index (χ0) is 17.5. The van der Waals surface area contributed by atoms with Gasteiger partial charge in [0, 0.05) is 20.1 Å². The molecule has 1 fully saturated rings.